The van der Waals surface area contributed by atoms with Crippen LogP contribution in [0.25, 0.3) is 11.1 Å². The molecule has 1 saturated carbocycles. The summed E-state index contributed by atoms with van der Waals surface area (Å²) in [5, 5.41) is 17.7. The number of non-ortho nitro benzene ring substituents is 1. The van der Waals surface area contributed by atoms with E-state index in [1.165, 1.54) is 12.1 Å². The molecule has 2 aromatic rings. The van der Waals surface area contributed by atoms with Gasteiger partial charge in [0.25, 0.3) is 5.69 Å². The standard InChI is InChI=1S/C15H16N4O4/c1-18-9-11(8-16-18)10-5-12(7-13(6-10)19(21)22)17-15(20)23-14-3-2-4-14/h5-9,14H,2-4H2,1H3,(H,17,20). The van der Waals surface area contributed by atoms with Gasteiger partial charge >= 0.3 is 6.09 Å². The maximum atomic E-state index is 11.8. The first-order valence-corrected chi connectivity index (χ1v) is 7.27. The minimum absolute atomic E-state index is 0.0495. The summed E-state index contributed by atoms with van der Waals surface area (Å²) < 4.78 is 6.81. The molecular formula is C15H16N4O4. The van der Waals surface area contributed by atoms with Crippen molar-refractivity contribution >= 4 is 17.5 Å². The van der Waals surface area contributed by atoms with Crippen molar-refractivity contribution in [3.05, 3.63) is 40.7 Å². The maximum Gasteiger partial charge on any atom is 0.411 e. The lowest BCUT2D eigenvalue weighted by atomic mass is 9.96. The van der Waals surface area contributed by atoms with E-state index < -0.39 is 11.0 Å². The molecule has 1 heterocycles. The van der Waals surface area contributed by atoms with Crippen LogP contribution in [0, 0.1) is 10.1 Å². The number of benzene rings is 1. The van der Waals surface area contributed by atoms with Gasteiger partial charge in [-0.25, -0.2) is 4.79 Å². The molecule has 1 amide bonds. The van der Waals surface area contributed by atoms with E-state index in [1.807, 2.05) is 0 Å². The summed E-state index contributed by atoms with van der Waals surface area (Å²) in [6, 6.07) is 4.41. The Morgan fingerprint density at radius 2 is 2.17 bits per heavy atom. The first kappa shape index (κ1) is 15.0. The molecule has 1 aromatic heterocycles. The minimum atomic E-state index is -0.590. The van der Waals surface area contributed by atoms with E-state index in [0.717, 1.165) is 24.8 Å². The van der Waals surface area contributed by atoms with Crippen LogP contribution in [-0.2, 0) is 11.8 Å². The second-order valence-corrected chi connectivity index (χ2v) is 5.51. The largest absolute Gasteiger partial charge is 0.446 e. The van der Waals surface area contributed by atoms with Gasteiger partial charge in [0.15, 0.2) is 0 Å². The number of nitrogens with zero attached hydrogens (tertiary/aromatic N) is 3. The number of carbonyl (C=O) groups excluding carboxylic acids is 1. The average molecular weight is 316 g/mol. The number of hydrogen-bond acceptors (Lipinski definition) is 5. The highest BCUT2D eigenvalue weighted by atomic mass is 16.6. The van der Waals surface area contributed by atoms with Crippen LogP contribution in [0.4, 0.5) is 16.2 Å². The van der Waals surface area contributed by atoms with Crippen molar-refractivity contribution in [2.75, 3.05) is 5.32 Å². The molecule has 1 fully saturated rings. The molecule has 0 bridgehead atoms. The van der Waals surface area contributed by atoms with Crippen LogP contribution in [0.3, 0.4) is 0 Å². The third-order valence-electron chi connectivity index (χ3n) is 3.74. The Kier molecular flexibility index (Phi) is 3.96. The number of rotatable bonds is 4. The van der Waals surface area contributed by atoms with Crippen LogP contribution < -0.4 is 5.32 Å². The molecule has 1 aromatic carbocycles. The average Bonchev–Trinajstić information content (AvgIpc) is 2.89. The highest BCUT2D eigenvalue weighted by Gasteiger charge is 2.22. The molecule has 3 rings (SSSR count). The van der Waals surface area contributed by atoms with Crippen molar-refractivity contribution in [2.24, 2.45) is 7.05 Å². The number of amides is 1. The molecule has 1 aliphatic rings. The Morgan fingerprint density at radius 1 is 1.39 bits per heavy atom. The van der Waals surface area contributed by atoms with Crippen molar-refractivity contribution in [2.45, 2.75) is 25.4 Å². The van der Waals surface area contributed by atoms with E-state index in [0.29, 0.717) is 11.3 Å². The number of carbonyl (C=O) groups is 1. The molecule has 1 aliphatic carbocycles. The molecule has 0 radical (unpaired) electrons. The lowest BCUT2D eigenvalue weighted by molar-refractivity contribution is -0.384. The smallest absolute Gasteiger partial charge is 0.411 e. The number of aromatic nitrogens is 2. The summed E-state index contributed by atoms with van der Waals surface area (Å²) in [6.07, 6.45) is 5.50. The minimum Gasteiger partial charge on any atom is -0.446 e. The van der Waals surface area contributed by atoms with E-state index in [4.69, 9.17) is 4.74 Å². The fraction of sp³-hybridized carbons (Fsp3) is 0.333. The van der Waals surface area contributed by atoms with Crippen molar-refractivity contribution < 1.29 is 14.5 Å². The first-order chi connectivity index (χ1) is 11.0. The third kappa shape index (κ3) is 3.47. The zero-order chi connectivity index (χ0) is 16.4. The predicted molar refractivity (Wildman–Crippen MR) is 83.0 cm³/mol. The number of hydrogen-bond donors (Lipinski definition) is 1. The highest BCUT2D eigenvalue weighted by Crippen LogP contribution is 2.29. The summed E-state index contributed by atoms with van der Waals surface area (Å²) in [6.45, 7) is 0. The van der Waals surface area contributed by atoms with Crippen LogP contribution in [-0.4, -0.2) is 26.9 Å². The predicted octanol–water partition coefficient (Wildman–Crippen LogP) is 3.10. The van der Waals surface area contributed by atoms with E-state index in [2.05, 4.69) is 10.4 Å². The molecule has 0 unspecified atom stereocenters. The van der Waals surface area contributed by atoms with Gasteiger partial charge in [0.1, 0.15) is 6.10 Å². The van der Waals surface area contributed by atoms with Gasteiger partial charge in [-0.05, 0) is 30.9 Å². The Bertz CT molecular complexity index is 752. The summed E-state index contributed by atoms with van der Waals surface area (Å²) in [5.41, 5.74) is 1.55. The summed E-state index contributed by atoms with van der Waals surface area (Å²) in [5.74, 6) is 0. The Labute approximate surface area is 132 Å². The van der Waals surface area contributed by atoms with E-state index in [-0.39, 0.29) is 11.8 Å². The van der Waals surface area contributed by atoms with Gasteiger partial charge in [0, 0.05) is 30.9 Å². The van der Waals surface area contributed by atoms with E-state index in [9.17, 15) is 14.9 Å². The Hall–Kier alpha value is -2.90. The second-order valence-electron chi connectivity index (χ2n) is 5.51. The highest BCUT2D eigenvalue weighted by molar-refractivity contribution is 5.87. The number of aryl methyl sites for hydroxylation is 1. The summed E-state index contributed by atoms with van der Waals surface area (Å²) in [7, 11) is 1.76. The molecule has 1 N–H and O–H groups in total. The first-order valence-electron chi connectivity index (χ1n) is 7.27. The molecule has 23 heavy (non-hydrogen) atoms. The van der Waals surface area contributed by atoms with Gasteiger partial charge in [0.05, 0.1) is 16.8 Å². The van der Waals surface area contributed by atoms with E-state index in [1.54, 1.807) is 30.2 Å². The SMILES string of the molecule is Cn1cc(-c2cc(NC(=O)OC3CCC3)cc([N+](=O)[O-])c2)cn1. The molecule has 0 spiro atoms. The summed E-state index contributed by atoms with van der Waals surface area (Å²) >= 11 is 0. The fourth-order valence-electron chi connectivity index (χ4n) is 2.31. The lowest BCUT2D eigenvalue weighted by Gasteiger charge is -2.25. The van der Waals surface area contributed by atoms with Crippen molar-refractivity contribution in [1.82, 2.24) is 9.78 Å². The lowest BCUT2D eigenvalue weighted by Crippen LogP contribution is -2.27. The summed E-state index contributed by atoms with van der Waals surface area (Å²) in [4.78, 5) is 22.4. The number of anilines is 1. The second kappa shape index (κ2) is 6.07. The van der Waals surface area contributed by atoms with Crippen molar-refractivity contribution in [3.8, 4) is 11.1 Å². The molecule has 8 heteroatoms. The van der Waals surface area contributed by atoms with Crippen LogP contribution in [0.1, 0.15) is 19.3 Å². The number of nitrogens with one attached hydrogen (secondary N) is 1. The topological polar surface area (TPSA) is 99.3 Å². The third-order valence-corrected chi connectivity index (χ3v) is 3.74. The van der Waals surface area contributed by atoms with Gasteiger partial charge in [-0.3, -0.25) is 20.1 Å². The van der Waals surface area contributed by atoms with E-state index >= 15 is 0 Å². The molecule has 120 valence electrons. The number of ether oxygens (including phenoxy) is 1. The Balaban J connectivity index is 1.84. The quantitative estimate of drug-likeness (QED) is 0.690. The van der Waals surface area contributed by atoms with Crippen molar-refractivity contribution in [3.63, 3.8) is 0 Å². The van der Waals surface area contributed by atoms with Gasteiger partial charge in [-0.1, -0.05) is 0 Å². The molecule has 0 atom stereocenters. The molecule has 0 aliphatic heterocycles. The van der Waals surface area contributed by atoms with Crippen LogP contribution in [0.15, 0.2) is 30.6 Å². The Morgan fingerprint density at radius 3 is 2.74 bits per heavy atom. The fourth-order valence-corrected chi connectivity index (χ4v) is 2.31. The maximum absolute atomic E-state index is 11.8. The van der Waals surface area contributed by atoms with Crippen LogP contribution >= 0.6 is 0 Å². The van der Waals surface area contributed by atoms with Crippen LogP contribution in [0.5, 0.6) is 0 Å². The number of nitro groups is 1. The zero-order valence-corrected chi connectivity index (χ0v) is 12.6. The number of nitro benzene ring substituents is 1. The van der Waals surface area contributed by atoms with Gasteiger partial charge in [-0.2, -0.15) is 5.10 Å². The molecule has 0 saturated heterocycles. The van der Waals surface area contributed by atoms with Gasteiger partial charge in [-0.15, -0.1) is 0 Å². The van der Waals surface area contributed by atoms with Crippen molar-refractivity contribution in [1.29, 1.82) is 0 Å². The molecular weight excluding hydrogens is 300 g/mol. The molecule has 8 nitrogen and oxygen atoms in total. The van der Waals surface area contributed by atoms with Gasteiger partial charge in [0.2, 0.25) is 0 Å². The monoisotopic (exact) mass is 316 g/mol. The van der Waals surface area contributed by atoms with Crippen LogP contribution in [0.2, 0.25) is 0 Å². The zero-order valence-electron chi connectivity index (χ0n) is 12.6. The van der Waals surface area contributed by atoms with Gasteiger partial charge < -0.3 is 4.74 Å². The normalized spacial score (nSPS) is 14.1.